The van der Waals surface area contributed by atoms with Crippen LogP contribution in [0.5, 0.6) is 0 Å². The maximum atomic E-state index is 12.4. The van der Waals surface area contributed by atoms with Gasteiger partial charge in [0.1, 0.15) is 0 Å². The minimum Gasteiger partial charge on any atom is -0.384 e. The number of carbonyl (C=O) groups excluding carboxylic acids is 1. The predicted octanol–water partition coefficient (Wildman–Crippen LogP) is 1.62. The van der Waals surface area contributed by atoms with Gasteiger partial charge in [0.15, 0.2) is 0 Å². The van der Waals surface area contributed by atoms with Gasteiger partial charge in [0, 0.05) is 25.9 Å². The number of carbonyl (C=O) groups is 1. The number of amides is 1. The van der Waals surface area contributed by atoms with Crippen LogP contribution in [0.2, 0.25) is 0 Å². The number of piperidine rings is 1. The van der Waals surface area contributed by atoms with E-state index in [9.17, 15) is 13.2 Å². The second-order valence-electron chi connectivity index (χ2n) is 5.81. The highest BCUT2D eigenvalue weighted by molar-refractivity contribution is 7.89. The maximum absolute atomic E-state index is 12.4. The number of rotatable bonds is 6. The average Bonchev–Trinajstić information content (AvgIpc) is 2.55. The molecule has 0 bridgehead atoms. The van der Waals surface area contributed by atoms with E-state index in [-0.39, 0.29) is 30.7 Å². The number of nitrogens with zero attached hydrogens (tertiary/aromatic N) is 1. The third kappa shape index (κ3) is 4.76. The first-order chi connectivity index (χ1) is 10.9. The van der Waals surface area contributed by atoms with Gasteiger partial charge >= 0.3 is 0 Å². The van der Waals surface area contributed by atoms with Gasteiger partial charge in [0.2, 0.25) is 15.9 Å². The van der Waals surface area contributed by atoms with Gasteiger partial charge in [-0.05, 0) is 31.4 Å². The molecule has 1 N–H and O–H groups in total. The molecular formula is C16H24N2O4S. The Kier molecular flexibility index (Phi) is 6.15. The predicted molar refractivity (Wildman–Crippen MR) is 89.8 cm³/mol. The molecule has 23 heavy (non-hydrogen) atoms. The second kappa shape index (κ2) is 7.90. The summed E-state index contributed by atoms with van der Waals surface area (Å²) in [6.45, 7) is 2.81. The largest absolute Gasteiger partial charge is 0.384 e. The Hall–Kier alpha value is -1.44. The number of para-hydroxylation sites is 1. The van der Waals surface area contributed by atoms with Crippen LogP contribution in [0.1, 0.15) is 18.4 Å². The number of ether oxygens (including phenoxy) is 1. The van der Waals surface area contributed by atoms with Crippen LogP contribution in [0.3, 0.4) is 0 Å². The summed E-state index contributed by atoms with van der Waals surface area (Å²) in [5.41, 5.74) is 1.76. The Labute approximate surface area is 137 Å². The molecule has 1 fully saturated rings. The molecule has 0 spiro atoms. The summed E-state index contributed by atoms with van der Waals surface area (Å²) in [6.07, 6.45) is 1.39. The zero-order valence-electron chi connectivity index (χ0n) is 13.6. The highest BCUT2D eigenvalue weighted by Gasteiger charge is 2.32. The van der Waals surface area contributed by atoms with Gasteiger partial charge < -0.3 is 10.1 Å². The van der Waals surface area contributed by atoms with Crippen molar-refractivity contribution in [2.45, 2.75) is 19.8 Å². The Morgan fingerprint density at radius 1 is 1.39 bits per heavy atom. The SMILES string of the molecule is COCCS(=O)(=O)N1CCCC(C(=O)Nc2ccccc2C)C1. The summed E-state index contributed by atoms with van der Waals surface area (Å²) in [5.74, 6) is -0.484. The molecule has 1 aromatic carbocycles. The minimum absolute atomic E-state index is 0.0460. The van der Waals surface area contributed by atoms with Gasteiger partial charge in [-0.3, -0.25) is 4.79 Å². The van der Waals surface area contributed by atoms with Crippen molar-refractivity contribution in [1.29, 1.82) is 0 Å². The van der Waals surface area contributed by atoms with E-state index < -0.39 is 10.0 Å². The van der Waals surface area contributed by atoms with E-state index in [1.807, 2.05) is 31.2 Å². The van der Waals surface area contributed by atoms with E-state index >= 15 is 0 Å². The van der Waals surface area contributed by atoms with Gasteiger partial charge in [-0.2, -0.15) is 0 Å². The van der Waals surface area contributed by atoms with Gasteiger partial charge in [-0.1, -0.05) is 18.2 Å². The maximum Gasteiger partial charge on any atom is 0.228 e. The van der Waals surface area contributed by atoms with E-state index in [0.29, 0.717) is 19.4 Å². The van der Waals surface area contributed by atoms with E-state index in [0.717, 1.165) is 11.3 Å². The van der Waals surface area contributed by atoms with Crippen LogP contribution in [0, 0.1) is 12.8 Å². The third-order valence-corrected chi connectivity index (χ3v) is 5.90. The van der Waals surface area contributed by atoms with E-state index in [4.69, 9.17) is 4.74 Å². The Balaban J connectivity index is 2.00. The smallest absolute Gasteiger partial charge is 0.228 e. The number of benzene rings is 1. The molecule has 0 aromatic heterocycles. The number of hydrogen-bond acceptors (Lipinski definition) is 4. The minimum atomic E-state index is -3.36. The second-order valence-corrected chi connectivity index (χ2v) is 7.90. The molecule has 1 aliphatic heterocycles. The molecule has 0 aliphatic carbocycles. The topological polar surface area (TPSA) is 75.7 Å². The molecule has 2 rings (SSSR count). The van der Waals surface area contributed by atoms with Gasteiger partial charge in [-0.25, -0.2) is 12.7 Å². The highest BCUT2D eigenvalue weighted by atomic mass is 32.2. The lowest BCUT2D eigenvalue weighted by molar-refractivity contribution is -0.120. The van der Waals surface area contributed by atoms with Crippen LogP contribution in [0.4, 0.5) is 5.69 Å². The fourth-order valence-corrected chi connectivity index (χ4v) is 4.12. The summed E-state index contributed by atoms with van der Waals surface area (Å²) >= 11 is 0. The molecular weight excluding hydrogens is 316 g/mol. The van der Waals surface area contributed by atoms with E-state index in [1.165, 1.54) is 11.4 Å². The van der Waals surface area contributed by atoms with E-state index in [2.05, 4.69) is 5.32 Å². The molecule has 7 heteroatoms. The molecule has 128 valence electrons. The number of methoxy groups -OCH3 is 1. The summed E-state index contributed by atoms with van der Waals surface area (Å²) in [5, 5.41) is 2.91. The number of aryl methyl sites for hydroxylation is 1. The van der Waals surface area contributed by atoms with E-state index in [1.54, 1.807) is 0 Å². The normalized spacial score (nSPS) is 19.5. The van der Waals surface area contributed by atoms with Crippen molar-refractivity contribution in [1.82, 2.24) is 4.31 Å². The summed E-state index contributed by atoms with van der Waals surface area (Å²) in [4.78, 5) is 12.4. The molecule has 1 unspecified atom stereocenters. The van der Waals surface area contributed by atoms with Crippen LogP contribution < -0.4 is 5.32 Å². The van der Waals surface area contributed by atoms with Gasteiger partial charge in [0.05, 0.1) is 18.3 Å². The van der Waals surface area contributed by atoms with Crippen molar-refractivity contribution in [2.75, 3.05) is 37.9 Å². The standard InChI is InChI=1S/C16H24N2O4S/c1-13-6-3-4-8-15(13)17-16(19)14-7-5-9-18(12-14)23(20,21)11-10-22-2/h3-4,6,8,14H,5,7,9-12H2,1-2H3,(H,17,19). The lowest BCUT2D eigenvalue weighted by atomic mass is 9.98. The fourth-order valence-electron chi connectivity index (χ4n) is 2.67. The summed E-state index contributed by atoms with van der Waals surface area (Å²) in [6, 6.07) is 7.56. The third-order valence-electron chi connectivity index (χ3n) is 4.10. The van der Waals surface area contributed by atoms with Crippen LogP contribution in [-0.2, 0) is 19.6 Å². The van der Waals surface area contributed by atoms with Crippen molar-refractivity contribution in [3.8, 4) is 0 Å². The van der Waals surface area contributed by atoms with Crippen LogP contribution >= 0.6 is 0 Å². The zero-order valence-corrected chi connectivity index (χ0v) is 14.4. The van der Waals surface area contributed by atoms with Crippen molar-refractivity contribution in [3.05, 3.63) is 29.8 Å². The van der Waals surface area contributed by atoms with Crippen molar-refractivity contribution in [3.63, 3.8) is 0 Å². The average molecular weight is 340 g/mol. The number of sulfonamides is 1. The molecule has 1 saturated heterocycles. The summed E-state index contributed by atoms with van der Waals surface area (Å²) < 4.78 is 30.7. The Morgan fingerprint density at radius 3 is 2.83 bits per heavy atom. The van der Waals surface area contributed by atoms with Gasteiger partial charge in [0.25, 0.3) is 0 Å². The Bertz CT molecular complexity index is 645. The molecule has 1 amide bonds. The first-order valence-electron chi connectivity index (χ1n) is 7.77. The zero-order chi connectivity index (χ0) is 16.9. The van der Waals surface area contributed by atoms with Gasteiger partial charge in [-0.15, -0.1) is 0 Å². The van der Waals surface area contributed by atoms with Crippen LogP contribution in [0.25, 0.3) is 0 Å². The summed E-state index contributed by atoms with van der Waals surface area (Å²) in [7, 11) is -1.89. The lowest BCUT2D eigenvalue weighted by Gasteiger charge is -2.31. The molecule has 0 radical (unpaired) electrons. The highest BCUT2D eigenvalue weighted by Crippen LogP contribution is 2.22. The number of nitrogens with one attached hydrogen (secondary N) is 1. The molecule has 0 saturated carbocycles. The van der Waals surface area contributed by atoms with Crippen molar-refractivity contribution >= 4 is 21.6 Å². The van der Waals surface area contributed by atoms with Crippen LogP contribution in [0.15, 0.2) is 24.3 Å². The number of hydrogen-bond donors (Lipinski definition) is 1. The molecule has 6 nitrogen and oxygen atoms in total. The fraction of sp³-hybridized carbons (Fsp3) is 0.562. The van der Waals surface area contributed by atoms with Crippen LogP contribution in [-0.4, -0.2) is 51.2 Å². The first kappa shape index (κ1) is 17.9. The lowest BCUT2D eigenvalue weighted by Crippen LogP contribution is -2.45. The van der Waals surface area contributed by atoms with Crippen molar-refractivity contribution in [2.24, 2.45) is 5.92 Å². The first-order valence-corrected chi connectivity index (χ1v) is 9.38. The monoisotopic (exact) mass is 340 g/mol. The molecule has 1 atom stereocenters. The number of anilines is 1. The quantitative estimate of drug-likeness (QED) is 0.854. The molecule has 1 heterocycles. The Morgan fingerprint density at radius 2 is 2.13 bits per heavy atom. The molecule has 1 aromatic rings. The van der Waals surface area contributed by atoms with Crippen molar-refractivity contribution < 1.29 is 17.9 Å². The molecule has 1 aliphatic rings.